The molecule has 1 amide bonds. The van der Waals surface area contributed by atoms with Crippen molar-refractivity contribution in [2.45, 2.75) is 32.1 Å². The van der Waals surface area contributed by atoms with Crippen molar-refractivity contribution in [3.8, 4) is 16.8 Å². The number of hydrogen-bond acceptors (Lipinski definition) is 4. The molecule has 1 atom stereocenters. The Bertz CT molecular complexity index is 1320. The van der Waals surface area contributed by atoms with E-state index in [2.05, 4.69) is 34.3 Å². The lowest BCUT2D eigenvalue weighted by atomic mass is 10.0. The maximum Gasteiger partial charge on any atom is 0.348 e. The lowest BCUT2D eigenvalue weighted by Gasteiger charge is -2.16. The number of aromatic nitrogens is 3. The van der Waals surface area contributed by atoms with E-state index in [1.807, 2.05) is 17.0 Å². The minimum atomic E-state index is -0.461. The third-order valence-corrected chi connectivity index (χ3v) is 7.47. The first kappa shape index (κ1) is 21.1. The maximum absolute atomic E-state index is 15.3. The van der Waals surface area contributed by atoms with Gasteiger partial charge in [-0.05, 0) is 72.6 Å². The van der Waals surface area contributed by atoms with Gasteiger partial charge in [0, 0.05) is 44.7 Å². The van der Waals surface area contributed by atoms with Gasteiger partial charge in [0.05, 0.1) is 5.69 Å². The van der Waals surface area contributed by atoms with Crippen LogP contribution in [-0.4, -0.2) is 52.3 Å². The number of carbonyl (C=O) groups is 1. The van der Waals surface area contributed by atoms with Gasteiger partial charge in [-0.2, -0.15) is 5.10 Å². The van der Waals surface area contributed by atoms with Gasteiger partial charge in [-0.15, -0.1) is 0 Å². The standard InChI is InChI=1S/C26H28FN5O2/c1-30-10-9-20-13-18(4-6-22(20)30)19-5-7-23(21(27)14-19)32-24(28-29-26(32)34)12-16-8-11-31(15-16)25(33)17-2-3-17/h4-7,13-14,16-17H,2-3,8-12,15H2,1H3,(H,29,34). The van der Waals surface area contributed by atoms with E-state index in [0.29, 0.717) is 18.8 Å². The minimum absolute atomic E-state index is 0.197. The highest BCUT2D eigenvalue weighted by Crippen LogP contribution is 2.34. The first-order valence-electron chi connectivity index (χ1n) is 12.1. The van der Waals surface area contributed by atoms with Gasteiger partial charge in [0.15, 0.2) is 0 Å². The minimum Gasteiger partial charge on any atom is -0.374 e. The first-order chi connectivity index (χ1) is 16.5. The number of aromatic amines is 1. The molecule has 3 aliphatic rings. The number of H-pyrrole nitrogens is 1. The average Bonchev–Trinajstić information content (AvgIpc) is 3.33. The van der Waals surface area contributed by atoms with E-state index in [-0.39, 0.29) is 23.4 Å². The zero-order chi connectivity index (χ0) is 23.4. The Morgan fingerprint density at radius 1 is 1.09 bits per heavy atom. The highest BCUT2D eigenvalue weighted by Gasteiger charge is 2.37. The predicted octanol–water partition coefficient (Wildman–Crippen LogP) is 3.16. The molecule has 176 valence electrons. The van der Waals surface area contributed by atoms with Gasteiger partial charge in [0.2, 0.25) is 5.91 Å². The zero-order valence-corrected chi connectivity index (χ0v) is 19.3. The zero-order valence-electron chi connectivity index (χ0n) is 19.3. The molecule has 1 saturated heterocycles. The largest absolute Gasteiger partial charge is 0.374 e. The van der Waals surface area contributed by atoms with E-state index < -0.39 is 11.5 Å². The van der Waals surface area contributed by atoms with E-state index in [0.717, 1.165) is 49.9 Å². The summed E-state index contributed by atoms with van der Waals surface area (Å²) in [6, 6.07) is 11.2. The summed E-state index contributed by atoms with van der Waals surface area (Å²) in [5.74, 6) is 0.714. The summed E-state index contributed by atoms with van der Waals surface area (Å²) in [7, 11) is 2.08. The van der Waals surface area contributed by atoms with Crippen LogP contribution in [0.1, 0.15) is 30.7 Å². The van der Waals surface area contributed by atoms with Crippen LogP contribution in [0, 0.1) is 17.7 Å². The SMILES string of the molecule is CN1CCc2cc(-c3ccc(-n4c(CC5CCN(C(=O)C6CC6)C5)n[nH]c4=O)c(F)c3)ccc21. The van der Waals surface area contributed by atoms with Gasteiger partial charge in [-0.1, -0.05) is 12.1 Å². The molecule has 1 aromatic heterocycles. The molecule has 1 unspecified atom stereocenters. The van der Waals surface area contributed by atoms with Crippen LogP contribution in [-0.2, 0) is 17.6 Å². The number of carbonyl (C=O) groups excluding carboxylic acids is 1. The Balaban J connectivity index is 1.24. The molecule has 7 nitrogen and oxygen atoms in total. The third-order valence-electron chi connectivity index (χ3n) is 7.47. The Morgan fingerprint density at radius 3 is 2.62 bits per heavy atom. The molecule has 0 bridgehead atoms. The molecule has 34 heavy (non-hydrogen) atoms. The number of anilines is 1. The van der Waals surface area contributed by atoms with E-state index in [1.54, 1.807) is 6.07 Å². The van der Waals surface area contributed by atoms with Crippen molar-refractivity contribution in [2.24, 2.45) is 11.8 Å². The fraction of sp³-hybridized carbons (Fsp3) is 0.423. The Hall–Kier alpha value is -3.42. The van der Waals surface area contributed by atoms with Gasteiger partial charge in [0.1, 0.15) is 11.6 Å². The second-order valence-electron chi connectivity index (χ2n) is 9.88. The number of likely N-dealkylation sites (tertiary alicyclic amines) is 1. The van der Waals surface area contributed by atoms with Crippen molar-refractivity contribution < 1.29 is 9.18 Å². The maximum atomic E-state index is 15.3. The lowest BCUT2D eigenvalue weighted by Crippen LogP contribution is -2.30. The quantitative estimate of drug-likeness (QED) is 0.634. The summed E-state index contributed by atoms with van der Waals surface area (Å²) in [5.41, 5.74) is 3.98. The summed E-state index contributed by atoms with van der Waals surface area (Å²) in [5, 5.41) is 6.68. The molecule has 8 heteroatoms. The van der Waals surface area contributed by atoms with Gasteiger partial charge in [-0.25, -0.2) is 18.9 Å². The van der Waals surface area contributed by atoms with E-state index in [1.165, 1.54) is 21.9 Å². The Labute approximate surface area is 197 Å². The van der Waals surface area contributed by atoms with E-state index in [4.69, 9.17) is 0 Å². The van der Waals surface area contributed by atoms with Crippen molar-refractivity contribution in [1.82, 2.24) is 19.7 Å². The molecular formula is C26H28FN5O2. The van der Waals surface area contributed by atoms with Crippen LogP contribution < -0.4 is 10.6 Å². The van der Waals surface area contributed by atoms with Crippen molar-refractivity contribution >= 4 is 11.6 Å². The van der Waals surface area contributed by atoms with Crippen LogP contribution in [0.15, 0.2) is 41.2 Å². The molecule has 1 aliphatic carbocycles. The van der Waals surface area contributed by atoms with Crippen LogP contribution in [0.3, 0.4) is 0 Å². The summed E-state index contributed by atoms with van der Waals surface area (Å²) < 4.78 is 16.6. The van der Waals surface area contributed by atoms with Crippen molar-refractivity contribution in [3.63, 3.8) is 0 Å². The lowest BCUT2D eigenvalue weighted by molar-refractivity contribution is -0.131. The number of fused-ring (bicyclic) bond motifs is 1. The number of amides is 1. The second-order valence-corrected chi connectivity index (χ2v) is 9.88. The molecule has 2 aromatic carbocycles. The monoisotopic (exact) mass is 461 g/mol. The number of nitrogens with one attached hydrogen (secondary N) is 1. The topological polar surface area (TPSA) is 74.2 Å². The van der Waals surface area contributed by atoms with Crippen LogP contribution in [0.4, 0.5) is 10.1 Å². The van der Waals surface area contributed by atoms with Crippen molar-refractivity contribution in [3.05, 3.63) is 64.1 Å². The molecule has 1 N–H and O–H groups in total. The van der Waals surface area contributed by atoms with E-state index >= 15 is 4.39 Å². The van der Waals surface area contributed by atoms with Gasteiger partial charge >= 0.3 is 5.69 Å². The van der Waals surface area contributed by atoms with E-state index in [9.17, 15) is 9.59 Å². The summed E-state index contributed by atoms with van der Waals surface area (Å²) >= 11 is 0. The predicted molar refractivity (Wildman–Crippen MR) is 128 cm³/mol. The molecule has 3 aromatic rings. The number of benzene rings is 2. The Morgan fingerprint density at radius 2 is 1.85 bits per heavy atom. The highest BCUT2D eigenvalue weighted by molar-refractivity contribution is 5.81. The number of rotatable bonds is 5. The molecule has 6 rings (SSSR count). The fourth-order valence-electron chi connectivity index (χ4n) is 5.38. The second kappa shape index (κ2) is 8.11. The summed E-state index contributed by atoms with van der Waals surface area (Å²) in [6.45, 7) is 2.41. The number of likely N-dealkylation sites (N-methyl/N-ethyl adjacent to an activating group) is 1. The molecule has 0 radical (unpaired) electrons. The average molecular weight is 462 g/mol. The van der Waals surface area contributed by atoms with Crippen LogP contribution >= 0.6 is 0 Å². The molecule has 1 saturated carbocycles. The van der Waals surface area contributed by atoms with Crippen LogP contribution in [0.25, 0.3) is 16.8 Å². The molecule has 3 heterocycles. The first-order valence-corrected chi connectivity index (χ1v) is 12.1. The van der Waals surface area contributed by atoms with Gasteiger partial charge < -0.3 is 9.80 Å². The highest BCUT2D eigenvalue weighted by atomic mass is 19.1. The summed E-state index contributed by atoms with van der Waals surface area (Å²) in [4.78, 5) is 29.1. The third kappa shape index (κ3) is 3.71. The van der Waals surface area contributed by atoms with Crippen molar-refractivity contribution in [1.29, 1.82) is 0 Å². The van der Waals surface area contributed by atoms with Gasteiger partial charge in [0.25, 0.3) is 0 Å². The number of nitrogens with zero attached hydrogens (tertiary/aromatic N) is 4. The van der Waals surface area contributed by atoms with Crippen LogP contribution in [0.5, 0.6) is 0 Å². The number of halogens is 1. The normalized spacial score (nSPS) is 19.6. The summed E-state index contributed by atoms with van der Waals surface area (Å²) in [6.07, 6.45) is 4.37. The molecule has 0 spiro atoms. The molecular weight excluding hydrogens is 433 g/mol. The number of hydrogen-bond donors (Lipinski definition) is 1. The van der Waals surface area contributed by atoms with Gasteiger partial charge in [-0.3, -0.25) is 4.79 Å². The molecule has 2 fully saturated rings. The van der Waals surface area contributed by atoms with Crippen LogP contribution in [0.2, 0.25) is 0 Å². The molecule has 2 aliphatic heterocycles. The fourth-order valence-corrected chi connectivity index (χ4v) is 5.38. The smallest absolute Gasteiger partial charge is 0.348 e. The van der Waals surface area contributed by atoms with Crippen molar-refractivity contribution in [2.75, 3.05) is 31.6 Å². The Kier molecular flexibility index (Phi) is 5.04.